The van der Waals surface area contributed by atoms with Gasteiger partial charge in [0.1, 0.15) is 6.33 Å². The van der Waals surface area contributed by atoms with Crippen molar-refractivity contribution >= 4 is 28.0 Å². The third kappa shape index (κ3) is 4.57. The maximum absolute atomic E-state index is 14.2. The average Bonchev–Trinajstić information content (AvgIpc) is 2.66. The van der Waals surface area contributed by atoms with Gasteiger partial charge in [-0.15, -0.1) is 0 Å². The molecule has 6 nitrogen and oxygen atoms in total. The lowest BCUT2D eigenvalue weighted by molar-refractivity contribution is 0.103. The minimum atomic E-state index is -2.38. The highest BCUT2D eigenvalue weighted by Gasteiger charge is 2.19. The van der Waals surface area contributed by atoms with Crippen LogP contribution in [0.3, 0.4) is 0 Å². The summed E-state index contributed by atoms with van der Waals surface area (Å²) in [5.74, 6) is -3.00. The van der Waals surface area contributed by atoms with Gasteiger partial charge in [0.25, 0.3) is 0 Å². The summed E-state index contributed by atoms with van der Waals surface area (Å²) in [6, 6.07) is 6.93. The summed E-state index contributed by atoms with van der Waals surface area (Å²) < 4.78 is 51.2. The summed E-state index contributed by atoms with van der Waals surface area (Å²) in [5.41, 5.74) is 0.850. The molecule has 3 aromatic rings. The molecule has 0 radical (unpaired) electrons. The molecule has 0 bridgehead atoms. The van der Waals surface area contributed by atoms with Crippen LogP contribution < -0.4 is 4.72 Å². The van der Waals surface area contributed by atoms with Gasteiger partial charge in [-0.25, -0.2) is 23.5 Å². The highest BCUT2D eigenvalue weighted by Crippen LogP contribution is 2.21. The van der Waals surface area contributed by atoms with Crippen LogP contribution in [0.15, 0.2) is 42.9 Å². The summed E-state index contributed by atoms with van der Waals surface area (Å²) in [5, 5.41) is 0.608. The van der Waals surface area contributed by atoms with Crippen LogP contribution >= 0.6 is 0 Å². The van der Waals surface area contributed by atoms with Crippen LogP contribution in [0.1, 0.15) is 27.9 Å². The zero-order chi connectivity index (χ0) is 19.4. The molecule has 1 heterocycles. The number of ketones is 1. The molecular formula is C18H14F2N3O3S-. The standard InChI is InChI=1S/C18H15F2N3O3S/c19-15-7-11(2-1-5-23-27(25)26)6-14(17(15)20)18(24)12-3-4-16-13(8-12)9-21-10-22-16/h3-4,6-10,23H,1-2,5H2,(H,25,26)/p-1. The van der Waals surface area contributed by atoms with E-state index < -0.39 is 28.7 Å². The van der Waals surface area contributed by atoms with Crippen molar-refractivity contribution in [3.8, 4) is 0 Å². The van der Waals surface area contributed by atoms with Crippen LogP contribution in [0, 0.1) is 11.6 Å². The first-order chi connectivity index (χ1) is 13.0. The number of carbonyl (C=O) groups excluding carboxylic acids is 1. The Bertz CT molecular complexity index is 1030. The molecule has 0 saturated heterocycles. The lowest BCUT2D eigenvalue weighted by Gasteiger charge is -2.10. The van der Waals surface area contributed by atoms with Gasteiger partial charge in [0, 0.05) is 35.0 Å². The summed E-state index contributed by atoms with van der Waals surface area (Å²) in [7, 11) is 0. The summed E-state index contributed by atoms with van der Waals surface area (Å²) in [4.78, 5) is 20.6. The highest BCUT2D eigenvalue weighted by molar-refractivity contribution is 7.77. The van der Waals surface area contributed by atoms with E-state index in [1.54, 1.807) is 6.07 Å². The number of aromatic nitrogens is 2. The molecule has 27 heavy (non-hydrogen) atoms. The van der Waals surface area contributed by atoms with Crippen molar-refractivity contribution in [3.05, 3.63) is 71.2 Å². The van der Waals surface area contributed by atoms with Gasteiger partial charge in [0.15, 0.2) is 17.4 Å². The number of hydrogen-bond acceptors (Lipinski definition) is 5. The molecule has 0 amide bonds. The van der Waals surface area contributed by atoms with Crippen LogP contribution in [0.2, 0.25) is 0 Å². The van der Waals surface area contributed by atoms with Crippen molar-refractivity contribution in [1.82, 2.24) is 14.7 Å². The summed E-state index contributed by atoms with van der Waals surface area (Å²) in [6.45, 7) is 0.156. The number of fused-ring (bicyclic) bond motifs is 1. The zero-order valence-corrected chi connectivity index (χ0v) is 14.8. The SMILES string of the molecule is O=C(c1ccc2ncncc2c1)c1cc(CCCNS(=O)[O-])cc(F)c1F. The Labute approximate surface area is 156 Å². The van der Waals surface area contributed by atoms with E-state index in [0.717, 1.165) is 6.07 Å². The zero-order valence-electron chi connectivity index (χ0n) is 13.9. The van der Waals surface area contributed by atoms with Crippen molar-refractivity contribution in [1.29, 1.82) is 0 Å². The number of nitrogens with one attached hydrogen (secondary N) is 1. The maximum Gasteiger partial charge on any atom is 0.196 e. The Hall–Kier alpha value is -2.62. The van der Waals surface area contributed by atoms with E-state index >= 15 is 0 Å². The van der Waals surface area contributed by atoms with Crippen LogP contribution in [0.4, 0.5) is 8.78 Å². The summed E-state index contributed by atoms with van der Waals surface area (Å²) in [6.07, 6.45) is 3.56. The fourth-order valence-corrected chi connectivity index (χ4v) is 3.00. The first kappa shape index (κ1) is 19.2. The van der Waals surface area contributed by atoms with E-state index in [4.69, 9.17) is 0 Å². The molecule has 1 aromatic heterocycles. The van der Waals surface area contributed by atoms with Gasteiger partial charge in [0.2, 0.25) is 0 Å². The van der Waals surface area contributed by atoms with Crippen LogP contribution in [0.25, 0.3) is 10.9 Å². The van der Waals surface area contributed by atoms with E-state index in [1.807, 2.05) is 0 Å². The van der Waals surface area contributed by atoms with Crippen LogP contribution in [0.5, 0.6) is 0 Å². The fraction of sp³-hybridized carbons (Fsp3) is 0.167. The molecule has 0 spiro atoms. The van der Waals surface area contributed by atoms with E-state index in [9.17, 15) is 22.3 Å². The second kappa shape index (κ2) is 8.38. The van der Waals surface area contributed by atoms with Gasteiger partial charge >= 0.3 is 0 Å². The van der Waals surface area contributed by atoms with Crippen molar-refractivity contribution < 1.29 is 22.3 Å². The molecule has 0 aliphatic carbocycles. The lowest BCUT2D eigenvalue weighted by atomic mass is 9.98. The lowest BCUT2D eigenvalue weighted by Crippen LogP contribution is -2.18. The fourth-order valence-electron chi connectivity index (χ4n) is 2.68. The van der Waals surface area contributed by atoms with Crippen LogP contribution in [-0.2, 0) is 17.7 Å². The molecule has 3 rings (SSSR count). The minimum absolute atomic E-state index is 0.156. The Morgan fingerprint density at radius 3 is 2.81 bits per heavy atom. The Balaban J connectivity index is 1.87. The molecule has 140 valence electrons. The largest absolute Gasteiger partial charge is 0.760 e. The topological polar surface area (TPSA) is 95.0 Å². The monoisotopic (exact) mass is 390 g/mol. The van der Waals surface area contributed by atoms with E-state index in [2.05, 4.69) is 14.7 Å². The predicted octanol–water partition coefficient (Wildman–Crippen LogP) is 2.46. The molecule has 0 aliphatic heterocycles. The second-order valence-electron chi connectivity index (χ2n) is 5.80. The predicted molar refractivity (Wildman–Crippen MR) is 94.6 cm³/mol. The summed E-state index contributed by atoms with van der Waals surface area (Å²) >= 11 is -2.38. The van der Waals surface area contributed by atoms with Crippen molar-refractivity contribution in [3.63, 3.8) is 0 Å². The van der Waals surface area contributed by atoms with E-state index in [0.29, 0.717) is 22.9 Å². The van der Waals surface area contributed by atoms with Crippen molar-refractivity contribution in [2.75, 3.05) is 6.54 Å². The Morgan fingerprint density at radius 1 is 1.22 bits per heavy atom. The molecule has 0 aliphatic rings. The van der Waals surface area contributed by atoms with Crippen molar-refractivity contribution in [2.24, 2.45) is 0 Å². The van der Waals surface area contributed by atoms with E-state index in [1.165, 1.54) is 30.7 Å². The third-order valence-electron chi connectivity index (χ3n) is 3.96. The first-order valence-corrected chi connectivity index (χ1v) is 9.08. The van der Waals surface area contributed by atoms with Crippen molar-refractivity contribution in [2.45, 2.75) is 12.8 Å². The molecule has 1 atom stereocenters. The molecule has 2 aromatic carbocycles. The number of benzene rings is 2. The second-order valence-corrected chi connectivity index (χ2v) is 6.56. The number of hydrogen-bond donors (Lipinski definition) is 1. The van der Waals surface area contributed by atoms with Gasteiger partial charge in [-0.3, -0.25) is 9.00 Å². The third-order valence-corrected chi connectivity index (χ3v) is 4.40. The average molecular weight is 390 g/mol. The van der Waals surface area contributed by atoms with Gasteiger partial charge in [-0.2, -0.15) is 0 Å². The molecule has 0 saturated carbocycles. The van der Waals surface area contributed by atoms with Gasteiger partial charge in [-0.05, 0) is 48.7 Å². The molecular weight excluding hydrogens is 376 g/mol. The normalized spacial score (nSPS) is 12.3. The Kier molecular flexibility index (Phi) is 5.94. The number of halogens is 2. The maximum atomic E-state index is 14.2. The molecule has 9 heteroatoms. The smallest absolute Gasteiger partial charge is 0.196 e. The quantitative estimate of drug-likeness (QED) is 0.380. The van der Waals surface area contributed by atoms with E-state index in [-0.39, 0.29) is 24.1 Å². The molecule has 1 N–H and O–H groups in total. The highest BCUT2D eigenvalue weighted by atomic mass is 32.2. The number of aryl methyl sites for hydroxylation is 1. The molecule has 0 fully saturated rings. The number of nitrogens with zero attached hydrogens (tertiary/aromatic N) is 2. The van der Waals surface area contributed by atoms with Gasteiger partial charge in [-0.1, -0.05) is 0 Å². The number of rotatable bonds is 7. The minimum Gasteiger partial charge on any atom is -0.760 e. The van der Waals surface area contributed by atoms with Crippen LogP contribution in [-0.4, -0.2) is 31.1 Å². The first-order valence-electron chi connectivity index (χ1n) is 8.01. The number of carbonyl (C=O) groups is 1. The Morgan fingerprint density at radius 2 is 2.04 bits per heavy atom. The van der Waals surface area contributed by atoms with Gasteiger partial charge in [0.05, 0.1) is 11.1 Å². The molecule has 1 unspecified atom stereocenters. The van der Waals surface area contributed by atoms with Gasteiger partial charge < -0.3 is 4.55 Å².